The van der Waals surface area contributed by atoms with Gasteiger partial charge in [-0.15, -0.1) is 0 Å². The molecular formula is C23H27FN2O2. The number of anilines is 1. The lowest BCUT2D eigenvalue weighted by Crippen LogP contribution is -2.47. The number of nitrogens with zero attached hydrogens (tertiary/aromatic N) is 2. The highest BCUT2D eigenvalue weighted by Gasteiger charge is 2.31. The molecule has 0 bridgehead atoms. The number of likely N-dealkylation sites (tertiary alicyclic amines) is 1. The zero-order valence-electron chi connectivity index (χ0n) is 16.3. The number of carbonyl (C=O) groups is 1. The van der Waals surface area contributed by atoms with E-state index in [9.17, 15) is 9.18 Å². The van der Waals surface area contributed by atoms with Crippen LogP contribution in [0.2, 0.25) is 0 Å². The average Bonchev–Trinajstić information content (AvgIpc) is 2.71. The third-order valence-corrected chi connectivity index (χ3v) is 5.86. The third kappa shape index (κ3) is 4.13. The number of hydrogen-bond acceptors (Lipinski definition) is 3. The molecule has 4 rings (SSSR count). The Labute approximate surface area is 165 Å². The maximum absolute atomic E-state index is 13.3. The first kappa shape index (κ1) is 18.8. The predicted molar refractivity (Wildman–Crippen MR) is 108 cm³/mol. The van der Waals surface area contributed by atoms with Crippen molar-refractivity contribution in [3.8, 4) is 5.75 Å². The van der Waals surface area contributed by atoms with Crippen LogP contribution < -0.4 is 9.64 Å². The number of fused-ring (bicyclic) bond motifs is 1. The highest BCUT2D eigenvalue weighted by Crippen LogP contribution is 2.35. The van der Waals surface area contributed by atoms with Gasteiger partial charge in [0.1, 0.15) is 18.2 Å². The maximum Gasteiger partial charge on any atom is 0.224 e. The molecule has 0 saturated carbocycles. The van der Waals surface area contributed by atoms with Gasteiger partial charge < -0.3 is 14.5 Å². The molecule has 2 aromatic carbocycles. The summed E-state index contributed by atoms with van der Waals surface area (Å²) in [6.07, 6.45) is 2.59. The molecule has 0 N–H and O–H groups in total. The van der Waals surface area contributed by atoms with E-state index in [-0.39, 0.29) is 17.8 Å². The number of piperidine rings is 1. The first-order valence-electron chi connectivity index (χ1n) is 10.1. The Morgan fingerprint density at radius 1 is 1.11 bits per heavy atom. The van der Waals surface area contributed by atoms with E-state index in [1.807, 2.05) is 29.2 Å². The molecule has 1 fully saturated rings. The van der Waals surface area contributed by atoms with Crippen LogP contribution in [0.25, 0.3) is 0 Å². The summed E-state index contributed by atoms with van der Waals surface area (Å²) in [6, 6.07) is 14.5. The van der Waals surface area contributed by atoms with E-state index in [0.29, 0.717) is 25.5 Å². The normalized spacial score (nSPS) is 19.9. The van der Waals surface area contributed by atoms with Crippen molar-refractivity contribution in [1.29, 1.82) is 0 Å². The van der Waals surface area contributed by atoms with Gasteiger partial charge in [0.15, 0.2) is 0 Å². The van der Waals surface area contributed by atoms with Gasteiger partial charge in [-0.1, -0.05) is 31.2 Å². The topological polar surface area (TPSA) is 32.8 Å². The van der Waals surface area contributed by atoms with Crippen LogP contribution in [0.1, 0.15) is 31.7 Å². The number of ether oxygens (including phenoxy) is 1. The van der Waals surface area contributed by atoms with Gasteiger partial charge in [0, 0.05) is 19.6 Å². The molecule has 0 unspecified atom stereocenters. The molecule has 0 radical (unpaired) electrons. The third-order valence-electron chi connectivity index (χ3n) is 5.86. The quantitative estimate of drug-likeness (QED) is 0.793. The van der Waals surface area contributed by atoms with Crippen molar-refractivity contribution in [1.82, 2.24) is 4.90 Å². The van der Waals surface area contributed by atoms with Crippen LogP contribution in [-0.4, -0.2) is 36.5 Å². The highest BCUT2D eigenvalue weighted by atomic mass is 19.1. The van der Waals surface area contributed by atoms with E-state index in [0.717, 1.165) is 42.9 Å². The first-order chi connectivity index (χ1) is 13.6. The molecule has 0 spiro atoms. The first-order valence-corrected chi connectivity index (χ1v) is 10.1. The fraction of sp³-hybridized carbons (Fsp3) is 0.435. The zero-order chi connectivity index (χ0) is 19.5. The molecule has 0 aliphatic carbocycles. The molecule has 1 saturated heterocycles. The number of hydrogen-bond donors (Lipinski definition) is 0. The van der Waals surface area contributed by atoms with Crippen molar-refractivity contribution in [2.24, 2.45) is 5.92 Å². The molecule has 1 amide bonds. The second kappa shape index (κ2) is 8.21. The molecule has 2 heterocycles. The number of halogens is 1. The summed E-state index contributed by atoms with van der Waals surface area (Å²) in [6.45, 7) is 5.05. The van der Waals surface area contributed by atoms with Crippen molar-refractivity contribution in [3.63, 3.8) is 0 Å². The second-order valence-corrected chi connectivity index (χ2v) is 7.95. The smallest absolute Gasteiger partial charge is 0.224 e. The second-order valence-electron chi connectivity index (χ2n) is 7.95. The molecule has 28 heavy (non-hydrogen) atoms. The van der Waals surface area contributed by atoms with Crippen molar-refractivity contribution in [2.75, 3.05) is 24.6 Å². The molecule has 5 heteroatoms. The Balaban J connectivity index is 1.53. The van der Waals surface area contributed by atoms with Crippen molar-refractivity contribution in [2.45, 2.75) is 38.8 Å². The largest absolute Gasteiger partial charge is 0.489 e. The number of para-hydroxylation sites is 2. The molecule has 1 atom stereocenters. The van der Waals surface area contributed by atoms with E-state index in [1.165, 1.54) is 12.1 Å². The Kier molecular flexibility index (Phi) is 5.51. The van der Waals surface area contributed by atoms with E-state index in [1.54, 1.807) is 12.1 Å². The number of rotatable bonds is 4. The standard InChI is InChI=1S/C23H27FN2O2/c1-17-10-12-25(13-11-17)23(27)14-20-16-28-22-5-3-2-4-21(22)26(20)15-18-6-8-19(24)9-7-18/h2-9,17,20H,10-16H2,1H3/t20-/m0/s1. The molecule has 2 aromatic rings. The Morgan fingerprint density at radius 2 is 1.82 bits per heavy atom. The van der Waals surface area contributed by atoms with Crippen molar-refractivity contribution in [3.05, 3.63) is 59.9 Å². The van der Waals surface area contributed by atoms with Crippen LogP contribution >= 0.6 is 0 Å². The lowest BCUT2D eigenvalue weighted by molar-refractivity contribution is -0.133. The number of benzene rings is 2. The van der Waals surface area contributed by atoms with E-state index in [4.69, 9.17) is 4.74 Å². The summed E-state index contributed by atoms with van der Waals surface area (Å²) in [5.41, 5.74) is 2.01. The summed E-state index contributed by atoms with van der Waals surface area (Å²) in [5.74, 6) is 1.49. The van der Waals surface area contributed by atoms with Gasteiger partial charge in [0.05, 0.1) is 18.2 Å². The number of carbonyl (C=O) groups excluding carboxylic acids is 1. The summed E-state index contributed by atoms with van der Waals surface area (Å²) in [5, 5.41) is 0. The minimum absolute atomic E-state index is 0.0354. The van der Waals surface area contributed by atoms with Gasteiger partial charge in [-0.05, 0) is 48.6 Å². The van der Waals surface area contributed by atoms with Crippen LogP contribution in [0.15, 0.2) is 48.5 Å². The number of amides is 1. The molecular weight excluding hydrogens is 355 g/mol. The summed E-state index contributed by atoms with van der Waals surface area (Å²) >= 11 is 0. The molecule has 2 aliphatic rings. The van der Waals surface area contributed by atoms with E-state index < -0.39 is 0 Å². The van der Waals surface area contributed by atoms with Crippen LogP contribution in [0.5, 0.6) is 5.75 Å². The molecule has 0 aromatic heterocycles. The monoisotopic (exact) mass is 382 g/mol. The van der Waals surface area contributed by atoms with E-state index in [2.05, 4.69) is 11.8 Å². The molecule has 4 nitrogen and oxygen atoms in total. The van der Waals surface area contributed by atoms with Crippen LogP contribution in [0.3, 0.4) is 0 Å². The average molecular weight is 382 g/mol. The maximum atomic E-state index is 13.3. The lowest BCUT2D eigenvalue weighted by atomic mass is 9.98. The van der Waals surface area contributed by atoms with Crippen LogP contribution in [0.4, 0.5) is 10.1 Å². The lowest BCUT2D eigenvalue weighted by Gasteiger charge is -2.40. The summed E-state index contributed by atoms with van der Waals surface area (Å²) < 4.78 is 19.3. The summed E-state index contributed by atoms with van der Waals surface area (Å²) in [7, 11) is 0. The molecule has 148 valence electrons. The minimum atomic E-state index is -0.239. The van der Waals surface area contributed by atoms with Crippen LogP contribution in [0, 0.1) is 11.7 Å². The van der Waals surface area contributed by atoms with Gasteiger partial charge >= 0.3 is 0 Å². The predicted octanol–water partition coefficient (Wildman–Crippen LogP) is 4.24. The molecule has 2 aliphatic heterocycles. The van der Waals surface area contributed by atoms with Gasteiger partial charge in [0.25, 0.3) is 0 Å². The van der Waals surface area contributed by atoms with Gasteiger partial charge in [0.2, 0.25) is 5.91 Å². The van der Waals surface area contributed by atoms with Gasteiger partial charge in [-0.2, -0.15) is 0 Å². The van der Waals surface area contributed by atoms with Crippen LogP contribution in [-0.2, 0) is 11.3 Å². The summed E-state index contributed by atoms with van der Waals surface area (Å²) in [4.78, 5) is 17.2. The van der Waals surface area contributed by atoms with Gasteiger partial charge in [-0.25, -0.2) is 4.39 Å². The highest BCUT2D eigenvalue weighted by molar-refractivity contribution is 5.78. The Hall–Kier alpha value is -2.56. The SMILES string of the molecule is CC1CCN(C(=O)C[C@H]2COc3ccccc3N2Cc2ccc(F)cc2)CC1. The minimum Gasteiger partial charge on any atom is -0.489 e. The fourth-order valence-corrected chi connectivity index (χ4v) is 4.05. The Morgan fingerprint density at radius 3 is 2.57 bits per heavy atom. The van der Waals surface area contributed by atoms with Crippen molar-refractivity contribution >= 4 is 11.6 Å². The van der Waals surface area contributed by atoms with Gasteiger partial charge in [-0.3, -0.25) is 4.79 Å². The Bertz CT molecular complexity index is 816. The van der Waals surface area contributed by atoms with Crippen molar-refractivity contribution < 1.29 is 13.9 Å². The van der Waals surface area contributed by atoms with E-state index >= 15 is 0 Å². The fourth-order valence-electron chi connectivity index (χ4n) is 4.05. The zero-order valence-corrected chi connectivity index (χ0v) is 16.3.